The Morgan fingerprint density at radius 2 is 2.13 bits per heavy atom. The second-order valence-corrected chi connectivity index (χ2v) is 5.35. The smallest absolute Gasteiger partial charge is 0.337 e. The average Bonchev–Trinajstić information content (AvgIpc) is 2.85. The monoisotopic (exact) mass is 348 g/mol. The van der Waals surface area contributed by atoms with Crippen LogP contribution in [-0.4, -0.2) is 32.7 Å². The number of aromatic amines is 1. The number of carbonyl (C=O) groups excluding carboxylic acids is 1. The van der Waals surface area contributed by atoms with Crippen molar-refractivity contribution in [2.75, 3.05) is 11.9 Å². The first-order valence-electron chi connectivity index (χ1n) is 6.26. The van der Waals surface area contributed by atoms with Crippen molar-refractivity contribution in [2.24, 2.45) is 0 Å². The summed E-state index contributed by atoms with van der Waals surface area (Å²) in [6, 6.07) is 0.599. The summed E-state index contributed by atoms with van der Waals surface area (Å²) in [4.78, 5) is 29.4. The lowest BCUT2D eigenvalue weighted by atomic mass is 10.3. The van der Waals surface area contributed by atoms with Crippen molar-refractivity contribution in [3.63, 3.8) is 0 Å². The van der Waals surface area contributed by atoms with Crippen LogP contribution < -0.4 is 16.2 Å². The van der Waals surface area contributed by atoms with E-state index in [0.29, 0.717) is 11.5 Å². The van der Waals surface area contributed by atoms with E-state index < -0.39 is 17.2 Å². The van der Waals surface area contributed by atoms with Gasteiger partial charge in [0.2, 0.25) is 10.1 Å². The van der Waals surface area contributed by atoms with Gasteiger partial charge in [0, 0.05) is 24.7 Å². The van der Waals surface area contributed by atoms with Crippen LogP contribution in [0, 0.1) is 6.92 Å². The number of nitrogens with zero attached hydrogens (tertiary/aromatic N) is 3. The van der Waals surface area contributed by atoms with Gasteiger partial charge in [-0.05, 0) is 6.92 Å². The Bertz CT molecular complexity index is 757. The standard InChI is InChI=1S/C11H11F3N6O2S/c1-5-4-7(21)17-6(16-5)2-3-15-9(22)18-10-20-19-8(23-10)11(12,13)14/h4H,2-3H2,1H3,(H,16,17,21)(H2,15,18,20,22). The van der Waals surface area contributed by atoms with Gasteiger partial charge in [-0.2, -0.15) is 13.2 Å². The summed E-state index contributed by atoms with van der Waals surface area (Å²) in [5.41, 5.74) is 0.243. The quantitative estimate of drug-likeness (QED) is 0.771. The third-order valence-electron chi connectivity index (χ3n) is 2.45. The zero-order valence-electron chi connectivity index (χ0n) is 11.7. The van der Waals surface area contributed by atoms with Crippen molar-refractivity contribution in [2.45, 2.75) is 19.5 Å². The Balaban J connectivity index is 1.83. The predicted octanol–water partition coefficient (Wildman–Crippen LogP) is 1.31. The molecule has 2 aromatic rings. The van der Waals surface area contributed by atoms with Crippen molar-refractivity contribution < 1.29 is 18.0 Å². The van der Waals surface area contributed by atoms with Crippen LogP contribution in [0.25, 0.3) is 0 Å². The van der Waals surface area contributed by atoms with E-state index in [0.717, 1.165) is 0 Å². The lowest BCUT2D eigenvalue weighted by Gasteiger charge is -2.05. The van der Waals surface area contributed by atoms with Crippen LogP contribution in [0.15, 0.2) is 10.9 Å². The van der Waals surface area contributed by atoms with E-state index in [1.165, 1.54) is 6.07 Å². The van der Waals surface area contributed by atoms with Gasteiger partial charge in [-0.1, -0.05) is 11.3 Å². The van der Waals surface area contributed by atoms with Crippen LogP contribution in [0.4, 0.5) is 23.1 Å². The molecule has 8 nitrogen and oxygen atoms in total. The maximum absolute atomic E-state index is 12.3. The molecule has 0 aliphatic carbocycles. The molecule has 23 heavy (non-hydrogen) atoms. The van der Waals surface area contributed by atoms with E-state index in [2.05, 4.69) is 30.8 Å². The number of rotatable bonds is 4. The number of amides is 2. The second kappa shape index (κ2) is 6.73. The number of aryl methyl sites for hydroxylation is 1. The minimum Gasteiger partial charge on any atom is -0.337 e. The molecule has 0 saturated carbocycles. The summed E-state index contributed by atoms with van der Waals surface area (Å²) < 4.78 is 37.0. The number of hydrogen-bond acceptors (Lipinski definition) is 6. The van der Waals surface area contributed by atoms with Crippen molar-refractivity contribution >= 4 is 22.5 Å². The molecule has 0 atom stereocenters. The molecule has 12 heteroatoms. The van der Waals surface area contributed by atoms with Gasteiger partial charge in [0.1, 0.15) is 5.82 Å². The van der Waals surface area contributed by atoms with E-state index >= 15 is 0 Å². The minimum absolute atomic E-state index is 0.128. The third-order valence-corrected chi connectivity index (χ3v) is 3.34. The first kappa shape index (κ1) is 16.9. The van der Waals surface area contributed by atoms with E-state index in [1.807, 2.05) is 0 Å². The molecule has 0 spiro atoms. The molecule has 3 N–H and O–H groups in total. The van der Waals surface area contributed by atoms with Gasteiger partial charge in [0.05, 0.1) is 0 Å². The fraction of sp³-hybridized carbons (Fsp3) is 0.364. The molecule has 0 fully saturated rings. The largest absolute Gasteiger partial charge is 0.445 e. The molecule has 0 aliphatic heterocycles. The number of halogens is 3. The van der Waals surface area contributed by atoms with Gasteiger partial charge in [-0.3, -0.25) is 10.1 Å². The van der Waals surface area contributed by atoms with Gasteiger partial charge in [0.25, 0.3) is 5.56 Å². The zero-order chi connectivity index (χ0) is 17.0. The number of urea groups is 1. The average molecular weight is 348 g/mol. The Morgan fingerprint density at radius 3 is 2.74 bits per heavy atom. The molecular weight excluding hydrogens is 337 g/mol. The summed E-state index contributed by atoms with van der Waals surface area (Å²) in [5.74, 6) is 0.394. The van der Waals surface area contributed by atoms with Gasteiger partial charge in [-0.25, -0.2) is 9.78 Å². The molecule has 2 aromatic heterocycles. The lowest BCUT2D eigenvalue weighted by Crippen LogP contribution is -2.31. The summed E-state index contributed by atoms with van der Waals surface area (Å²) in [5, 5.41) is 9.32. The SMILES string of the molecule is Cc1cc(=O)[nH]c(CCNC(=O)Nc2nnc(C(F)(F)F)s2)n1. The predicted molar refractivity (Wildman–Crippen MR) is 75.2 cm³/mol. The number of carbonyl (C=O) groups is 1. The third kappa shape index (κ3) is 5.02. The van der Waals surface area contributed by atoms with Crippen molar-refractivity contribution in [1.29, 1.82) is 0 Å². The molecule has 0 saturated heterocycles. The first-order chi connectivity index (χ1) is 10.7. The van der Waals surface area contributed by atoms with Crippen LogP contribution in [0.5, 0.6) is 0 Å². The van der Waals surface area contributed by atoms with Crippen molar-refractivity contribution in [3.8, 4) is 0 Å². The molecule has 124 valence electrons. The maximum atomic E-state index is 12.3. The Hall–Kier alpha value is -2.50. The highest BCUT2D eigenvalue weighted by atomic mass is 32.1. The molecule has 2 heterocycles. The van der Waals surface area contributed by atoms with E-state index in [1.54, 1.807) is 6.92 Å². The number of H-pyrrole nitrogens is 1. The fourth-order valence-corrected chi connectivity index (χ4v) is 2.19. The van der Waals surface area contributed by atoms with E-state index in [9.17, 15) is 22.8 Å². The fourth-order valence-electron chi connectivity index (χ4n) is 1.58. The number of hydrogen-bond donors (Lipinski definition) is 3. The molecular formula is C11H11F3N6O2S. The Kier molecular flexibility index (Phi) is 4.93. The number of aromatic nitrogens is 4. The summed E-state index contributed by atoms with van der Waals surface area (Å²) in [7, 11) is 0. The van der Waals surface area contributed by atoms with Crippen LogP contribution in [0.3, 0.4) is 0 Å². The molecule has 2 amide bonds. The summed E-state index contributed by atoms with van der Waals surface area (Å²) >= 11 is 0.223. The summed E-state index contributed by atoms with van der Waals surface area (Å²) in [6.07, 6.45) is -4.34. The van der Waals surface area contributed by atoms with Gasteiger partial charge in [0.15, 0.2) is 0 Å². The first-order valence-corrected chi connectivity index (χ1v) is 7.08. The van der Waals surface area contributed by atoms with Gasteiger partial charge >= 0.3 is 12.2 Å². The van der Waals surface area contributed by atoms with Crippen LogP contribution in [-0.2, 0) is 12.6 Å². The van der Waals surface area contributed by atoms with E-state index in [-0.39, 0.29) is 35.0 Å². The second-order valence-electron chi connectivity index (χ2n) is 4.37. The highest BCUT2D eigenvalue weighted by molar-refractivity contribution is 7.15. The van der Waals surface area contributed by atoms with E-state index in [4.69, 9.17) is 0 Å². The van der Waals surface area contributed by atoms with Gasteiger partial charge < -0.3 is 10.3 Å². The minimum atomic E-state index is -4.60. The Labute approximate surface area is 131 Å². The summed E-state index contributed by atoms with van der Waals surface area (Å²) in [6.45, 7) is 1.79. The highest BCUT2D eigenvalue weighted by Crippen LogP contribution is 2.32. The Morgan fingerprint density at radius 1 is 1.39 bits per heavy atom. The zero-order valence-corrected chi connectivity index (χ0v) is 12.5. The van der Waals surface area contributed by atoms with Crippen LogP contribution in [0.1, 0.15) is 16.5 Å². The van der Waals surface area contributed by atoms with Gasteiger partial charge in [-0.15, -0.1) is 10.2 Å². The molecule has 0 aliphatic rings. The van der Waals surface area contributed by atoms with Crippen LogP contribution in [0.2, 0.25) is 0 Å². The molecule has 0 bridgehead atoms. The molecule has 0 unspecified atom stereocenters. The molecule has 2 rings (SSSR count). The van der Waals surface area contributed by atoms with Crippen molar-refractivity contribution in [1.82, 2.24) is 25.5 Å². The maximum Gasteiger partial charge on any atom is 0.445 e. The van der Waals surface area contributed by atoms with Crippen LogP contribution >= 0.6 is 11.3 Å². The normalized spacial score (nSPS) is 11.3. The topological polar surface area (TPSA) is 113 Å². The molecule has 0 aromatic carbocycles. The highest BCUT2D eigenvalue weighted by Gasteiger charge is 2.35. The number of nitrogens with one attached hydrogen (secondary N) is 3. The number of anilines is 1. The molecule has 0 radical (unpaired) electrons. The van der Waals surface area contributed by atoms with Crippen molar-refractivity contribution in [3.05, 3.63) is 32.9 Å². The number of alkyl halides is 3. The lowest BCUT2D eigenvalue weighted by molar-refractivity contribution is -0.138.